The van der Waals surface area contributed by atoms with Crippen LogP contribution < -0.4 is 5.73 Å². The van der Waals surface area contributed by atoms with E-state index in [9.17, 15) is 8.78 Å². The smallest absolute Gasteiger partial charge is 0.159 e. The summed E-state index contributed by atoms with van der Waals surface area (Å²) < 4.78 is 26.4. The molecule has 19 heavy (non-hydrogen) atoms. The Morgan fingerprint density at radius 1 is 1.05 bits per heavy atom. The molecule has 1 heterocycles. The van der Waals surface area contributed by atoms with E-state index >= 15 is 0 Å². The summed E-state index contributed by atoms with van der Waals surface area (Å²) >= 11 is 0. The number of nitrogen functional groups attached to an aromatic ring is 1. The molecule has 2 N–H and O–H groups in total. The van der Waals surface area contributed by atoms with E-state index < -0.39 is 18.3 Å². The van der Waals surface area contributed by atoms with Crippen molar-refractivity contribution in [3.63, 3.8) is 0 Å². The molecule has 0 spiro atoms. The quantitative estimate of drug-likeness (QED) is 0.904. The van der Waals surface area contributed by atoms with Gasteiger partial charge in [0.25, 0.3) is 0 Å². The second kappa shape index (κ2) is 4.26. The summed E-state index contributed by atoms with van der Waals surface area (Å²) in [5, 5.41) is 0. The van der Waals surface area contributed by atoms with E-state index in [-0.39, 0.29) is 11.4 Å². The van der Waals surface area contributed by atoms with Crippen LogP contribution in [0.5, 0.6) is 0 Å². The van der Waals surface area contributed by atoms with Crippen molar-refractivity contribution in [2.24, 2.45) is 0 Å². The first-order valence-corrected chi connectivity index (χ1v) is 6.07. The van der Waals surface area contributed by atoms with E-state index in [4.69, 9.17) is 5.73 Å². The lowest BCUT2D eigenvalue weighted by Gasteiger charge is -2.09. The largest absolute Gasteiger partial charge is 0.396 e. The fourth-order valence-corrected chi connectivity index (χ4v) is 2.12. The number of rotatable bonds is 2. The molecular weight excluding hydrogens is 248 g/mol. The van der Waals surface area contributed by atoms with Gasteiger partial charge in [0.15, 0.2) is 5.82 Å². The molecule has 3 nitrogen and oxygen atoms in total. The minimum atomic E-state index is -1.50. The molecule has 98 valence electrons. The number of aryl methyl sites for hydroxylation is 1. The third-order valence-corrected chi connectivity index (χ3v) is 3.36. The van der Waals surface area contributed by atoms with Crippen molar-refractivity contribution in [3.8, 4) is 11.4 Å². The van der Waals surface area contributed by atoms with Crippen molar-refractivity contribution in [1.29, 1.82) is 0 Å². The SMILES string of the molecule is Cc1nc(-c2ccccc2)nc(C2C(F)C2F)c1N. The van der Waals surface area contributed by atoms with E-state index in [0.29, 0.717) is 11.5 Å². The lowest BCUT2D eigenvalue weighted by molar-refractivity contribution is 0.372. The van der Waals surface area contributed by atoms with Crippen molar-refractivity contribution >= 4 is 5.69 Å². The summed E-state index contributed by atoms with van der Waals surface area (Å²) in [5.74, 6) is -0.391. The highest BCUT2D eigenvalue weighted by molar-refractivity contribution is 5.60. The summed E-state index contributed by atoms with van der Waals surface area (Å²) in [6, 6.07) is 9.29. The minimum Gasteiger partial charge on any atom is -0.396 e. The molecule has 1 aromatic heterocycles. The highest BCUT2D eigenvalue weighted by atomic mass is 19.2. The van der Waals surface area contributed by atoms with Crippen molar-refractivity contribution < 1.29 is 8.78 Å². The third-order valence-electron chi connectivity index (χ3n) is 3.36. The fourth-order valence-electron chi connectivity index (χ4n) is 2.12. The Labute approximate surface area is 109 Å². The molecule has 5 heteroatoms. The molecule has 1 aromatic carbocycles. The monoisotopic (exact) mass is 261 g/mol. The molecule has 0 radical (unpaired) electrons. The van der Waals surface area contributed by atoms with Crippen molar-refractivity contribution in [2.75, 3.05) is 5.73 Å². The number of nitrogens with zero attached hydrogens (tertiary/aromatic N) is 2. The number of hydrogen-bond donors (Lipinski definition) is 1. The average Bonchev–Trinajstić information content (AvgIpc) is 3.01. The Morgan fingerprint density at radius 3 is 2.26 bits per heavy atom. The van der Waals surface area contributed by atoms with Gasteiger partial charge in [0.2, 0.25) is 0 Å². The molecule has 2 aromatic rings. The maximum atomic E-state index is 13.2. The van der Waals surface area contributed by atoms with E-state index in [1.54, 1.807) is 6.92 Å². The van der Waals surface area contributed by atoms with Crippen LogP contribution in [0, 0.1) is 6.92 Å². The molecule has 1 fully saturated rings. The topological polar surface area (TPSA) is 51.8 Å². The molecule has 1 aliphatic rings. The molecule has 0 bridgehead atoms. The Morgan fingerprint density at radius 2 is 1.68 bits per heavy atom. The van der Waals surface area contributed by atoms with Gasteiger partial charge in [-0.1, -0.05) is 30.3 Å². The first kappa shape index (κ1) is 12.0. The molecular formula is C14H13F2N3. The maximum Gasteiger partial charge on any atom is 0.159 e. The summed E-state index contributed by atoms with van der Waals surface area (Å²) in [4.78, 5) is 8.53. The van der Waals surface area contributed by atoms with Crippen molar-refractivity contribution in [2.45, 2.75) is 25.2 Å². The van der Waals surface area contributed by atoms with Crippen LogP contribution in [-0.4, -0.2) is 22.3 Å². The zero-order valence-electron chi connectivity index (χ0n) is 10.3. The van der Waals surface area contributed by atoms with Gasteiger partial charge in [0.05, 0.1) is 23.0 Å². The predicted molar refractivity (Wildman–Crippen MR) is 69.2 cm³/mol. The average molecular weight is 261 g/mol. The van der Waals surface area contributed by atoms with E-state index in [0.717, 1.165) is 5.56 Å². The number of hydrogen-bond acceptors (Lipinski definition) is 3. The highest BCUT2D eigenvalue weighted by Crippen LogP contribution is 2.48. The lowest BCUT2D eigenvalue weighted by Crippen LogP contribution is -2.05. The molecule has 1 saturated carbocycles. The van der Waals surface area contributed by atoms with Gasteiger partial charge in [0, 0.05) is 5.56 Å². The predicted octanol–water partition coefficient (Wildman–Crippen LogP) is 2.81. The first-order valence-electron chi connectivity index (χ1n) is 6.07. The number of benzene rings is 1. The van der Waals surface area contributed by atoms with Crippen LogP contribution in [0.1, 0.15) is 17.3 Å². The van der Waals surface area contributed by atoms with Crippen LogP contribution >= 0.6 is 0 Å². The summed E-state index contributed by atoms with van der Waals surface area (Å²) in [5.41, 5.74) is 7.76. The number of halogens is 2. The molecule has 0 amide bonds. The minimum absolute atomic E-state index is 0.284. The third kappa shape index (κ3) is 1.95. The highest BCUT2D eigenvalue weighted by Gasteiger charge is 2.55. The Balaban J connectivity index is 2.09. The van der Waals surface area contributed by atoms with Gasteiger partial charge >= 0.3 is 0 Å². The zero-order valence-corrected chi connectivity index (χ0v) is 10.3. The van der Waals surface area contributed by atoms with Gasteiger partial charge in [-0.15, -0.1) is 0 Å². The standard InChI is InChI=1S/C14H13F2N3/c1-7-12(17)13(9-10(15)11(9)16)19-14(18-7)8-5-3-2-4-6-8/h2-6,9-11H,17H2,1H3. The van der Waals surface area contributed by atoms with Crippen LogP contribution in [0.3, 0.4) is 0 Å². The second-order valence-electron chi connectivity index (χ2n) is 4.71. The molecule has 0 saturated heterocycles. The summed E-state index contributed by atoms with van der Waals surface area (Å²) in [6.45, 7) is 1.72. The zero-order chi connectivity index (χ0) is 13.6. The van der Waals surface area contributed by atoms with Crippen LogP contribution in [0.4, 0.5) is 14.5 Å². The molecule has 3 rings (SSSR count). The van der Waals surface area contributed by atoms with Crippen LogP contribution in [0.2, 0.25) is 0 Å². The molecule has 2 atom stereocenters. The lowest BCUT2D eigenvalue weighted by atomic mass is 10.1. The maximum absolute atomic E-state index is 13.2. The van der Waals surface area contributed by atoms with Gasteiger partial charge in [-0.25, -0.2) is 18.7 Å². The van der Waals surface area contributed by atoms with E-state index in [1.165, 1.54) is 0 Å². The van der Waals surface area contributed by atoms with Crippen LogP contribution in [-0.2, 0) is 0 Å². The summed E-state index contributed by atoms with van der Waals surface area (Å²) in [7, 11) is 0. The van der Waals surface area contributed by atoms with Gasteiger partial charge in [-0.05, 0) is 6.92 Å². The molecule has 2 unspecified atom stereocenters. The number of anilines is 1. The number of alkyl halides is 2. The molecule has 0 aliphatic heterocycles. The van der Waals surface area contributed by atoms with Gasteiger partial charge in [-0.2, -0.15) is 0 Å². The van der Waals surface area contributed by atoms with Crippen molar-refractivity contribution in [3.05, 3.63) is 41.7 Å². The number of aromatic nitrogens is 2. The Hall–Kier alpha value is -2.04. The van der Waals surface area contributed by atoms with Gasteiger partial charge in [-0.3, -0.25) is 0 Å². The number of nitrogens with two attached hydrogens (primary N) is 1. The fraction of sp³-hybridized carbons (Fsp3) is 0.286. The van der Waals surface area contributed by atoms with Gasteiger partial charge < -0.3 is 5.73 Å². The summed E-state index contributed by atoms with van der Waals surface area (Å²) in [6.07, 6.45) is -3.00. The first-order chi connectivity index (χ1) is 9.09. The van der Waals surface area contributed by atoms with E-state index in [2.05, 4.69) is 9.97 Å². The van der Waals surface area contributed by atoms with Crippen LogP contribution in [0.15, 0.2) is 30.3 Å². The Bertz CT molecular complexity index is 608. The Kier molecular flexibility index (Phi) is 2.69. The second-order valence-corrected chi connectivity index (χ2v) is 4.71. The normalized spacial score (nSPS) is 25.3. The van der Waals surface area contributed by atoms with Gasteiger partial charge in [0.1, 0.15) is 12.3 Å². The molecule has 1 aliphatic carbocycles. The van der Waals surface area contributed by atoms with Crippen molar-refractivity contribution in [1.82, 2.24) is 9.97 Å². The van der Waals surface area contributed by atoms with E-state index in [1.807, 2.05) is 30.3 Å². The van der Waals surface area contributed by atoms with Crippen LogP contribution in [0.25, 0.3) is 11.4 Å².